The molecule has 0 aromatic rings. The maximum Gasteiger partial charge on any atom is 4.00 e. The summed E-state index contributed by atoms with van der Waals surface area (Å²) in [6.07, 6.45) is 0. The van der Waals surface area contributed by atoms with Crippen LogP contribution in [0.15, 0.2) is 0 Å². The largest absolute Gasteiger partial charge is 4.00 e. The molecule has 0 spiro atoms. The summed E-state index contributed by atoms with van der Waals surface area (Å²) in [6, 6.07) is 0. The van der Waals surface area contributed by atoms with Gasteiger partial charge in [-0.15, -0.1) is 0 Å². The van der Waals surface area contributed by atoms with Gasteiger partial charge in [0.25, 0.3) is 0 Å². The van der Waals surface area contributed by atoms with E-state index in [9.17, 15) is 0 Å². The molecule has 0 bridgehead atoms. The van der Waals surface area contributed by atoms with Crippen LogP contribution in [0.3, 0.4) is 0 Å². The minimum Gasteiger partial charge on any atom is -3.00 e. The summed E-state index contributed by atoms with van der Waals surface area (Å²) in [5, 5.41) is 0. The Bertz CT molecular complexity index is 6.90. The second-order valence-corrected chi connectivity index (χ2v) is 0. The first-order valence-corrected chi connectivity index (χ1v) is 0. The zero-order valence-corrected chi connectivity index (χ0v) is 9.55. The van der Waals surface area contributed by atoms with Gasteiger partial charge >= 0.3 is 63.2 Å². The standard InChI is InChI=1S/4N.3Pt/q4*-3;3*+4. The third kappa shape index (κ3) is 76.0. The van der Waals surface area contributed by atoms with Gasteiger partial charge in [-0.3, -0.25) is 0 Å². The molecule has 0 saturated carbocycles. The molecule has 0 aromatic heterocycles. The van der Waals surface area contributed by atoms with Gasteiger partial charge in [0.2, 0.25) is 0 Å². The van der Waals surface area contributed by atoms with Crippen molar-refractivity contribution in [3.05, 3.63) is 24.6 Å². The Balaban J connectivity index is 0. The molecular weight excluding hydrogens is 641 g/mol. The molecule has 0 heterocycles. The van der Waals surface area contributed by atoms with Crippen LogP contribution < -0.4 is 0 Å². The molecule has 4 nitrogen and oxygen atoms in total. The van der Waals surface area contributed by atoms with Crippen LogP contribution in [0, 0.1) is 0 Å². The average molecular weight is 641 g/mol. The van der Waals surface area contributed by atoms with Crippen molar-refractivity contribution in [1.29, 1.82) is 0 Å². The van der Waals surface area contributed by atoms with Crippen LogP contribution in [0.1, 0.15) is 0 Å². The van der Waals surface area contributed by atoms with Gasteiger partial charge in [-0.25, -0.2) is 0 Å². The van der Waals surface area contributed by atoms with Crippen LogP contribution >= 0.6 is 0 Å². The summed E-state index contributed by atoms with van der Waals surface area (Å²) in [6.45, 7) is 0. The van der Waals surface area contributed by atoms with E-state index >= 15 is 0 Å². The Labute approximate surface area is 87.1 Å². The Kier molecular flexibility index (Phi) is 2280. The van der Waals surface area contributed by atoms with Crippen LogP contribution in [0.5, 0.6) is 0 Å². The average Bonchev–Trinajstić information content (AvgIpc) is 0. The molecule has 0 radical (unpaired) electrons. The van der Waals surface area contributed by atoms with Gasteiger partial charge in [-0.05, 0) is 0 Å². The monoisotopic (exact) mass is 641 g/mol. The molecule has 0 aliphatic heterocycles. The Hall–Kier alpha value is 1.90. The van der Waals surface area contributed by atoms with Crippen LogP contribution in [0.2, 0.25) is 0 Å². The SMILES string of the molecule is [N-3].[N-3].[N-3].[N-3].[Pt+4].[Pt+4].[Pt+4]. The van der Waals surface area contributed by atoms with Gasteiger partial charge in [-0.2, -0.15) is 0 Å². The third-order valence-electron chi connectivity index (χ3n) is 0. The Morgan fingerprint density at radius 3 is 0.286 bits per heavy atom. The number of rotatable bonds is 0. The van der Waals surface area contributed by atoms with Crippen molar-refractivity contribution in [3.8, 4) is 0 Å². The molecular formula is N4Pt3. The van der Waals surface area contributed by atoms with E-state index in [4.69, 9.17) is 0 Å². The molecule has 0 N–H and O–H groups in total. The first-order chi connectivity index (χ1) is 0. The molecule has 0 rings (SSSR count). The molecule has 0 aliphatic carbocycles. The molecule has 0 amide bonds. The normalized spacial score (nSPS) is 0. The van der Waals surface area contributed by atoms with E-state index in [2.05, 4.69) is 0 Å². The van der Waals surface area contributed by atoms with Gasteiger partial charge in [0.1, 0.15) is 0 Å². The smallest absolute Gasteiger partial charge is 3.00 e. The summed E-state index contributed by atoms with van der Waals surface area (Å²) < 4.78 is 0. The quantitative estimate of drug-likeness (QED) is 0.377. The maximum absolute atomic E-state index is 0. The summed E-state index contributed by atoms with van der Waals surface area (Å²) in [4.78, 5) is 0. The zero-order valence-electron chi connectivity index (χ0n) is 2.74. The van der Waals surface area contributed by atoms with Gasteiger partial charge in [0, 0.05) is 0 Å². The molecule has 50 valence electrons. The first-order valence-electron chi connectivity index (χ1n) is 0. The molecule has 0 fully saturated rings. The fourth-order valence-electron chi connectivity index (χ4n) is 0. The second kappa shape index (κ2) is 104. The van der Waals surface area contributed by atoms with Crippen molar-refractivity contribution in [2.75, 3.05) is 0 Å². The summed E-state index contributed by atoms with van der Waals surface area (Å²) in [5.41, 5.74) is 0. The predicted octanol–water partition coefficient (Wildman–Crippen LogP) is 1.15. The van der Waals surface area contributed by atoms with E-state index in [0.717, 1.165) is 0 Å². The van der Waals surface area contributed by atoms with E-state index in [-0.39, 0.29) is 87.8 Å². The summed E-state index contributed by atoms with van der Waals surface area (Å²) >= 11 is 0. The van der Waals surface area contributed by atoms with E-state index in [1.807, 2.05) is 0 Å². The van der Waals surface area contributed by atoms with Gasteiger partial charge < -0.3 is 24.6 Å². The maximum atomic E-state index is 0. The number of hydrogen-bond donors (Lipinski definition) is 0. The molecule has 7 heteroatoms. The zero-order chi connectivity index (χ0) is 0. The van der Waals surface area contributed by atoms with Gasteiger partial charge in [0.05, 0.1) is 0 Å². The van der Waals surface area contributed by atoms with Crippen LogP contribution in [-0.4, -0.2) is 0 Å². The van der Waals surface area contributed by atoms with Crippen molar-refractivity contribution in [2.45, 2.75) is 0 Å². The first kappa shape index (κ1) is 153. The summed E-state index contributed by atoms with van der Waals surface area (Å²) in [7, 11) is 0. The molecule has 0 unspecified atom stereocenters. The van der Waals surface area contributed by atoms with Crippen LogP contribution in [0.4, 0.5) is 0 Å². The minimum atomic E-state index is 0. The van der Waals surface area contributed by atoms with Gasteiger partial charge in [-0.1, -0.05) is 0 Å². The van der Waals surface area contributed by atoms with Crippen LogP contribution in [-0.2, 0) is 63.2 Å². The fourth-order valence-corrected chi connectivity index (χ4v) is 0. The van der Waals surface area contributed by atoms with Crippen molar-refractivity contribution >= 4 is 0 Å². The molecule has 7 heavy (non-hydrogen) atoms. The number of nitrogens with zero attached hydrogens (tertiary/aromatic N) is 4. The second-order valence-electron chi connectivity index (χ2n) is 0. The predicted molar refractivity (Wildman–Crippen MR) is 13.4 cm³/mol. The third-order valence-corrected chi connectivity index (χ3v) is 0. The Morgan fingerprint density at radius 2 is 0.286 bits per heavy atom. The van der Waals surface area contributed by atoms with Gasteiger partial charge in [0.15, 0.2) is 0 Å². The van der Waals surface area contributed by atoms with E-state index in [0.29, 0.717) is 0 Å². The molecule has 0 atom stereocenters. The van der Waals surface area contributed by atoms with Crippen molar-refractivity contribution < 1.29 is 63.2 Å². The van der Waals surface area contributed by atoms with E-state index < -0.39 is 0 Å². The van der Waals surface area contributed by atoms with E-state index in [1.165, 1.54) is 0 Å². The molecule has 0 aliphatic rings. The number of hydrogen-bond acceptors (Lipinski definition) is 0. The topological polar surface area (TPSA) is 122 Å². The molecule has 0 saturated heterocycles. The molecule has 0 aromatic carbocycles. The fraction of sp³-hybridized carbons (Fsp3) is 0. The van der Waals surface area contributed by atoms with E-state index in [1.54, 1.807) is 0 Å². The minimum absolute atomic E-state index is 0. The van der Waals surface area contributed by atoms with Crippen LogP contribution in [0.25, 0.3) is 24.6 Å². The van der Waals surface area contributed by atoms with Crippen molar-refractivity contribution in [2.24, 2.45) is 0 Å². The van der Waals surface area contributed by atoms with Crippen molar-refractivity contribution in [3.63, 3.8) is 0 Å². The van der Waals surface area contributed by atoms with Crippen molar-refractivity contribution in [1.82, 2.24) is 0 Å². The summed E-state index contributed by atoms with van der Waals surface area (Å²) in [5.74, 6) is 0. The Morgan fingerprint density at radius 1 is 0.286 bits per heavy atom.